The number of carbonyl (C=O) groups excluding carboxylic acids is 1. The largest absolute Gasteiger partial charge is 0.328 e. The number of amides is 1. The lowest BCUT2D eigenvalue weighted by molar-refractivity contribution is 0.0812. The van der Waals surface area contributed by atoms with Gasteiger partial charge in [-0.3, -0.25) is 4.79 Å². The average Bonchev–Trinajstić information content (AvgIpc) is 2.21. The molecule has 78 valence electrons. The van der Waals surface area contributed by atoms with Crippen LogP contribution in [-0.4, -0.2) is 24.4 Å². The number of benzene rings is 1. The molecule has 1 aromatic carbocycles. The second-order valence-electron chi connectivity index (χ2n) is 2.95. The lowest BCUT2D eigenvalue weighted by atomic mass is 10.2. The molecule has 1 rings (SSSR count). The Hall–Kier alpha value is -0.800. The summed E-state index contributed by atoms with van der Waals surface area (Å²) in [4.78, 5) is 13.1. The molecule has 0 aromatic heterocycles. The molecule has 0 unspecified atom stereocenters. The molecular weight excluding hydrogens is 326 g/mol. The zero-order valence-electron chi connectivity index (χ0n) is 8.00. The highest BCUT2D eigenvalue weighted by Gasteiger charge is 2.12. The smallest absolute Gasteiger partial charge is 0.254 e. The highest BCUT2D eigenvalue weighted by Crippen LogP contribution is 2.20. The van der Waals surface area contributed by atoms with Gasteiger partial charge in [-0.2, -0.15) is 5.26 Å². The Morgan fingerprint density at radius 3 is 2.87 bits per heavy atom. The number of hydrogen-bond donors (Lipinski definition) is 0. The van der Waals surface area contributed by atoms with E-state index in [1.165, 1.54) is 4.90 Å². The Bertz CT molecular complexity index is 428. The molecule has 0 radical (unpaired) electrons. The van der Waals surface area contributed by atoms with E-state index in [2.05, 4.69) is 22.6 Å². The predicted octanol–water partition coefficient (Wildman–Crippen LogP) is 2.54. The van der Waals surface area contributed by atoms with E-state index >= 15 is 0 Å². The molecule has 0 heterocycles. The van der Waals surface area contributed by atoms with Gasteiger partial charge in [0.05, 0.1) is 11.1 Å². The van der Waals surface area contributed by atoms with Crippen molar-refractivity contribution in [1.82, 2.24) is 4.90 Å². The van der Waals surface area contributed by atoms with E-state index < -0.39 is 0 Å². The van der Waals surface area contributed by atoms with Crippen molar-refractivity contribution in [2.75, 3.05) is 13.6 Å². The Kier molecular flexibility index (Phi) is 4.36. The third kappa shape index (κ3) is 3.08. The van der Waals surface area contributed by atoms with E-state index in [-0.39, 0.29) is 12.5 Å². The summed E-state index contributed by atoms with van der Waals surface area (Å²) in [5, 5.41) is 9.01. The first-order valence-corrected chi connectivity index (χ1v) is 5.59. The highest BCUT2D eigenvalue weighted by molar-refractivity contribution is 14.1. The van der Waals surface area contributed by atoms with Gasteiger partial charge in [0.1, 0.15) is 6.54 Å². The fourth-order valence-electron chi connectivity index (χ4n) is 1.03. The predicted molar refractivity (Wildman–Crippen MR) is 66.7 cm³/mol. The van der Waals surface area contributed by atoms with Crippen LogP contribution < -0.4 is 0 Å². The minimum absolute atomic E-state index is 0.0719. The highest BCUT2D eigenvalue weighted by atomic mass is 127. The zero-order valence-corrected chi connectivity index (χ0v) is 10.9. The van der Waals surface area contributed by atoms with Crippen LogP contribution in [0.5, 0.6) is 0 Å². The van der Waals surface area contributed by atoms with Gasteiger partial charge in [0.2, 0.25) is 0 Å². The van der Waals surface area contributed by atoms with Gasteiger partial charge in [-0.25, -0.2) is 0 Å². The third-order valence-electron chi connectivity index (χ3n) is 1.82. The van der Waals surface area contributed by atoms with Crippen LogP contribution in [0.15, 0.2) is 18.2 Å². The van der Waals surface area contributed by atoms with E-state index in [9.17, 15) is 4.79 Å². The maximum absolute atomic E-state index is 11.7. The molecule has 1 aromatic rings. The number of carbonyl (C=O) groups is 1. The van der Waals surface area contributed by atoms with Crippen LogP contribution in [-0.2, 0) is 0 Å². The molecule has 5 heteroatoms. The Morgan fingerprint density at radius 1 is 1.67 bits per heavy atom. The lowest BCUT2D eigenvalue weighted by Gasteiger charge is -2.13. The third-order valence-corrected chi connectivity index (χ3v) is 3.39. The Morgan fingerprint density at radius 2 is 2.33 bits per heavy atom. The first-order valence-electron chi connectivity index (χ1n) is 4.13. The monoisotopic (exact) mass is 334 g/mol. The number of nitrogens with zero attached hydrogens (tertiary/aromatic N) is 2. The summed E-state index contributed by atoms with van der Waals surface area (Å²) in [6, 6.07) is 7.00. The quantitative estimate of drug-likeness (QED) is 0.616. The summed E-state index contributed by atoms with van der Waals surface area (Å²) >= 11 is 7.99. The van der Waals surface area contributed by atoms with Crippen molar-refractivity contribution >= 4 is 40.1 Å². The van der Waals surface area contributed by atoms with E-state index in [1.807, 2.05) is 6.07 Å². The molecule has 0 aliphatic heterocycles. The van der Waals surface area contributed by atoms with E-state index in [1.54, 1.807) is 25.2 Å². The molecule has 0 spiro atoms. The van der Waals surface area contributed by atoms with E-state index in [4.69, 9.17) is 16.9 Å². The maximum Gasteiger partial charge on any atom is 0.254 e. The summed E-state index contributed by atoms with van der Waals surface area (Å²) in [6.07, 6.45) is 0. The fourth-order valence-corrected chi connectivity index (χ4v) is 1.54. The van der Waals surface area contributed by atoms with Gasteiger partial charge in [-0.15, -0.1) is 0 Å². The second-order valence-corrected chi connectivity index (χ2v) is 4.52. The molecule has 0 aliphatic carbocycles. The number of rotatable bonds is 2. The van der Waals surface area contributed by atoms with Gasteiger partial charge in [0, 0.05) is 16.2 Å². The molecule has 1 amide bonds. The molecule has 0 saturated heterocycles. The van der Waals surface area contributed by atoms with Crippen molar-refractivity contribution < 1.29 is 4.79 Å². The average molecular weight is 335 g/mol. The van der Waals surface area contributed by atoms with Gasteiger partial charge in [0.15, 0.2) is 0 Å². The molecule has 0 atom stereocenters. The van der Waals surface area contributed by atoms with Crippen molar-refractivity contribution in [2.24, 2.45) is 0 Å². The Labute approximate surface area is 107 Å². The van der Waals surface area contributed by atoms with Gasteiger partial charge >= 0.3 is 0 Å². The maximum atomic E-state index is 11.7. The van der Waals surface area contributed by atoms with Crippen LogP contribution in [0.25, 0.3) is 0 Å². The Balaban J connectivity index is 2.93. The van der Waals surface area contributed by atoms with Crippen molar-refractivity contribution in [2.45, 2.75) is 0 Å². The molecule has 0 fully saturated rings. The van der Waals surface area contributed by atoms with Crippen LogP contribution in [0.1, 0.15) is 10.4 Å². The number of halogens is 2. The molecule has 3 nitrogen and oxygen atoms in total. The van der Waals surface area contributed by atoms with Crippen LogP contribution in [0, 0.1) is 14.9 Å². The van der Waals surface area contributed by atoms with Crippen LogP contribution in [0.3, 0.4) is 0 Å². The summed E-state index contributed by atoms with van der Waals surface area (Å²) < 4.78 is 0.897. The zero-order chi connectivity index (χ0) is 11.4. The van der Waals surface area contributed by atoms with Crippen molar-refractivity contribution in [3.8, 4) is 6.07 Å². The van der Waals surface area contributed by atoms with Crippen LogP contribution in [0.2, 0.25) is 5.02 Å². The minimum atomic E-state index is -0.199. The minimum Gasteiger partial charge on any atom is -0.328 e. The summed E-state index contributed by atoms with van der Waals surface area (Å²) in [7, 11) is 1.58. The lowest BCUT2D eigenvalue weighted by Crippen LogP contribution is -2.26. The van der Waals surface area contributed by atoms with Gasteiger partial charge < -0.3 is 4.90 Å². The number of hydrogen-bond acceptors (Lipinski definition) is 2. The van der Waals surface area contributed by atoms with E-state index in [0.717, 1.165) is 3.57 Å². The summed E-state index contributed by atoms with van der Waals surface area (Å²) in [5.74, 6) is -0.199. The van der Waals surface area contributed by atoms with Gasteiger partial charge in [0.25, 0.3) is 5.91 Å². The molecule has 0 aliphatic rings. The molecule has 15 heavy (non-hydrogen) atoms. The van der Waals surface area contributed by atoms with Crippen LogP contribution in [0.4, 0.5) is 0 Å². The standard InChI is InChI=1S/C10H8ClIN2O/c1-14(5-4-13)10(15)7-2-3-9(12)8(11)6-7/h2-3,6H,5H2,1H3. The topological polar surface area (TPSA) is 44.1 Å². The molecule has 0 bridgehead atoms. The molecular formula is C10H8ClIN2O. The van der Waals surface area contributed by atoms with Crippen molar-refractivity contribution in [3.63, 3.8) is 0 Å². The second kappa shape index (κ2) is 5.33. The van der Waals surface area contributed by atoms with Gasteiger partial charge in [-0.05, 0) is 40.8 Å². The molecule has 0 N–H and O–H groups in total. The van der Waals surface area contributed by atoms with Crippen molar-refractivity contribution in [3.05, 3.63) is 32.4 Å². The van der Waals surface area contributed by atoms with E-state index in [0.29, 0.717) is 10.6 Å². The SMILES string of the molecule is CN(CC#N)C(=O)c1ccc(I)c(Cl)c1. The fraction of sp³-hybridized carbons (Fsp3) is 0.200. The number of nitriles is 1. The van der Waals surface area contributed by atoms with Gasteiger partial charge in [-0.1, -0.05) is 11.6 Å². The first kappa shape index (κ1) is 12.3. The normalized spacial score (nSPS) is 9.47. The van der Waals surface area contributed by atoms with Crippen molar-refractivity contribution in [1.29, 1.82) is 5.26 Å². The summed E-state index contributed by atoms with van der Waals surface area (Å²) in [5.41, 5.74) is 0.498. The summed E-state index contributed by atoms with van der Waals surface area (Å²) in [6.45, 7) is 0.0719. The first-order chi connectivity index (χ1) is 7.06. The molecule has 0 saturated carbocycles. The van der Waals surface area contributed by atoms with Crippen LogP contribution >= 0.6 is 34.2 Å².